The summed E-state index contributed by atoms with van der Waals surface area (Å²) in [4.78, 5) is 0. The van der Waals surface area contributed by atoms with Crippen molar-refractivity contribution in [3.63, 3.8) is 0 Å². The molecule has 1 heterocycles. The monoisotopic (exact) mass is 467 g/mol. The van der Waals surface area contributed by atoms with Crippen molar-refractivity contribution in [2.75, 3.05) is 0 Å². The first kappa shape index (κ1) is 21.9. The van der Waals surface area contributed by atoms with Gasteiger partial charge in [0.2, 0.25) is 0 Å². The third kappa shape index (κ3) is 5.15. The molecule has 4 aromatic rings. The van der Waals surface area contributed by atoms with Crippen LogP contribution < -0.4 is 0 Å². The number of halogens is 2. The summed E-state index contributed by atoms with van der Waals surface area (Å²) >= 11 is 14.0. The van der Waals surface area contributed by atoms with Crippen LogP contribution in [-0.4, -0.2) is 14.8 Å². The van der Waals surface area contributed by atoms with Crippen LogP contribution in [-0.2, 0) is 11.2 Å². The van der Waals surface area contributed by atoms with E-state index in [9.17, 15) is 0 Å². The second-order valence-corrected chi connectivity index (χ2v) is 10.2. The van der Waals surface area contributed by atoms with E-state index < -0.39 is 0 Å². The van der Waals surface area contributed by atoms with Crippen LogP contribution in [0.4, 0.5) is 0 Å². The summed E-state index contributed by atoms with van der Waals surface area (Å²) in [5.41, 5.74) is 4.58. The van der Waals surface area contributed by atoms with Crippen LogP contribution in [0, 0.1) is 0 Å². The molecule has 0 aliphatic carbocycles. The SMILES string of the molecule is CC(C)(C)c1ccc(CSc2nnc(-c3cccc(Cl)c3)n2-c2ccc(Cl)cc2)cc1. The number of rotatable bonds is 5. The summed E-state index contributed by atoms with van der Waals surface area (Å²) < 4.78 is 2.05. The Kier molecular flexibility index (Phi) is 6.42. The van der Waals surface area contributed by atoms with Gasteiger partial charge in [0.1, 0.15) is 0 Å². The summed E-state index contributed by atoms with van der Waals surface area (Å²) in [5, 5.41) is 11.1. The van der Waals surface area contributed by atoms with Gasteiger partial charge in [0.25, 0.3) is 0 Å². The minimum absolute atomic E-state index is 0.145. The van der Waals surface area contributed by atoms with E-state index in [-0.39, 0.29) is 5.41 Å². The smallest absolute Gasteiger partial charge is 0.196 e. The fourth-order valence-corrected chi connectivity index (χ4v) is 4.47. The topological polar surface area (TPSA) is 30.7 Å². The fraction of sp³-hybridized carbons (Fsp3) is 0.200. The fourth-order valence-electron chi connectivity index (χ4n) is 3.25. The summed E-state index contributed by atoms with van der Waals surface area (Å²) in [5.74, 6) is 1.54. The molecule has 3 aromatic carbocycles. The summed E-state index contributed by atoms with van der Waals surface area (Å²) in [6.07, 6.45) is 0. The van der Waals surface area contributed by atoms with Crippen molar-refractivity contribution in [3.05, 3.63) is 94.0 Å². The predicted octanol–water partition coefficient (Wildman–Crippen LogP) is 7.83. The lowest BCUT2D eigenvalue weighted by Gasteiger charge is -2.19. The number of benzene rings is 3. The van der Waals surface area contributed by atoms with Gasteiger partial charge in [-0.2, -0.15) is 0 Å². The van der Waals surface area contributed by atoms with E-state index in [1.54, 1.807) is 11.8 Å². The highest BCUT2D eigenvalue weighted by atomic mass is 35.5. The summed E-state index contributed by atoms with van der Waals surface area (Å²) in [6.45, 7) is 6.67. The van der Waals surface area contributed by atoms with Gasteiger partial charge in [0.05, 0.1) is 0 Å². The molecule has 0 atom stereocenters. The van der Waals surface area contributed by atoms with E-state index in [0.717, 1.165) is 28.0 Å². The zero-order valence-electron chi connectivity index (χ0n) is 17.6. The molecular formula is C25H23Cl2N3S. The minimum atomic E-state index is 0.145. The predicted molar refractivity (Wildman–Crippen MR) is 132 cm³/mol. The van der Waals surface area contributed by atoms with Crippen molar-refractivity contribution in [2.24, 2.45) is 0 Å². The molecule has 31 heavy (non-hydrogen) atoms. The maximum atomic E-state index is 6.23. The van der Waals surface area contributed by atoms with Crippen molar-refractivity contribution >= 4 is 35.0 Å². The Morgan fingerprint density at radius 3 is 2.19 bits per heavy atom. The van der Waals surface area contributed by atoms with Crippen molar-refractivity contribution < 1.29 is 0 Å². The zero-order valence-corrected chi connectivity index (χ0v) is 20.0. The third-order valence-electron chi connectivity index (χ3n) is 4.99. The van der Waals surface area contributed by atoms with Crippen LogP contribution in [0.25, 0.3) is 17.1 Å². The number of thioether (sulfide) groups is 1. The molecule has 0 spiro atoms. The summed E-state index contributed by atoms with van der Waals surface area (Å²) in [6, 6.07) is 24.1. The Morgan fingerprint density at radius 1 is 0.839 bits per heavy atom. The van der Waals surface area contributed by atoms with Crippen molar-refractivity contribution in [1.29, 1.82) is 0 Å². The van der Waals surface area contributed by atoms with Gasteiger partial charge in [-0.25, -0.2) is 0 Å². The van der Waals surface area contributed by atoms with E-state index in [0.29, 0.717) is 10.0 Å². The molecule has 6 heteroatoms. The first-order valence-electron chi connectivity index (χ1n) is 10.0. The lowest BCUT2D eigenvalue weighted by Crippen LogP contribution is -2.10. The van der Waals surface area contributed by atoms with E-state index in [1.165, 1.54) is 11.1 Å². The third-order valence-corrected chi connectivity index (χ3v) is 6.48. The lowest BCUT2D eigenvalue weighted by atomic mass is 9.87. The molecule has 0 amide bonds. The van der Waals surface area contributed by atoms with Crippen molar-refractivity contribution in [2.45, 2.75) is 37.1 Å². The second-order valence-electron chi connectivity index (χ2n) is 8.36. The van der Waals surface area contributed by atoms with Crippen LogP contribution in [0.1, 0.15) is 31.9 Å². The van der Waals surface area contributed by atoms with Crippen LogP contribution in [0.15, 0.2) is 78.0 Å². The van der Waals surface area contributed by atoms with Crippen LogP contribution in [0.3, 0.4) is 0 Å². The number of nitrogens with zero attached hydrogens (tertiary/aromatic N) is 3. The van der Waals surface area contributed by atoms with Gasteiger partial charge in [-0.3, -0.25) is 4.57 Å². The Balaban J connectivity index is 1.67. The molecule has 0 aliphatic rings. The van der Waals surface area contributed by atoms with Gasteiger partial charge in [-0.1, -0.05) is 92.1 Å². The maximum absolute atomic E-state index is 6.23. The van der Waals surface area contributed by atoms with Gasteiger partial charge >= 0.3 is 0 Å². The molecule has 0 fully saturated rings. The Bertz CT molecular complexity index is 1180. The van der Waals surface area contributed by atoms with Crippen molar-refractivity contribution in [1.82, 2.24) is 14.8 Å². The lowest BCUT2D eigenvalue weighted by molar-refractivity contribution is 0.590. The van der Waals surface area contributed by atoms with E-state index in [2.05, 4.69) is 59.8 Å². The average Bonchev–Trinajstić information content (AvgIpc) is 3.16. The number of aromatic nitrogens is 3. The molecule has 0 radical (unpaired) electrons. The summed E-state index contributed by atoms with van der Waals surface area (Å²) in [7, 11) is 0. The molecule has 0 aliphatic heterocycles. The molecule has 4 rings (SSSR count). The molecule has 0 saturated heterocycles. The van der Waals surface area contributed by atoms with Gasteiger partial charge in [0, 0.05) is 27.0 Å². The molecule has 0 saturated carbocycles. The Morgan fingerprint density at radius 2 is 1.55 bits per heavy atom. The van der Waals surface area contributed by atoms with Crippen LogP contribution in [0.5, 0.6) is 0 Å². The molecule has 1 aromatic heterocycles. The molecule has 0 N–H and O–H groups in total. The van der Waals surface area contributed by atoms with E-state index >= 15 is 0 Å². The van der Waals surface area contributed by atoms with Crippen LogP contribution in [0.2, 0.25) is 10.0 Å². The van der Waals surface area contributed by atoms with E-state index in [1.807, 2.05) is 48.5 Å². The van der Waals surface area contributed by atoms with Gasteiger partial charge in [-0.05, 0) is 52.9 Å². The highest BCUT2D eigenvalue weighted by Crippen LogP contribution is 2.31. The molecule has 0 unspecified atom stereocenters. The average molecular weight is 468 g/mol. The normalized spacial score (nSPS) is 11.6. The molecule has 3 nitrogen and oxygen atoms in total. The standard InChI is InChI=1S/C25H23Cl2N3S/c1-25(2,3)19-9-7-17(8-10-19)16-31-24-29-28-23(18-5-4-6-21(27)15-18)30(24)22-13-11-20(26)12-14-22/h4-15H,16H2,1-3H3. The van der Waals surface area contributed by atoms with Gasteiger partial charge < -0.3 is 0 Å². The molecular weight excluding hydrogens is 445 g/mol. The van der Waals surface area contributed by atoms with Crippen molar-refractivity contribution in [3.8, 4) is 17.1 Å². The first-order chi connectivity index (χ1) is 14.8. The highest BCUT2D eigenvalue weighted by molar-refractivity contribution is 7.98. The number of hydrogen-bond acceptors (Lipinski definition) is 3. The largest absolute Gasteiger partial charge is 0.270 e. The van der Waals surface area contributed by atoms with E-state index in [4.69, 9.17) is 23.2 Å². The van der Waals surface area contributed by atoms with Crippen LogP contribution >= 0.6 is 35.0 Å². The Labute approximate surface area is 197 Å². The quantitative estimate of drug-likeness (QED) is 0.280. The number of hydrogen-bond donors (Lipinski definition) is 0. The first-order valence-corrected chi connectivity index (χ1v) is 11.7. The molecule has 158 valence electrons. The highest BCUT2D eigenvalue weighted by Gasteiger charge is 2.17. The Hall–Kier alpha value is -2.27. The maximum Gasteiger partial charge on any atom is 0.196 e. The minimum Gasteiger partial charge on any atom is -0.270 e. The second kappa shape index (κ2) is 9.07. The molecule has 0 bridgehead atoms. The van der Waals surface area contributed by atoms with Gasteiger partial charge in [0.15, 0.2) is 11.0 Å². The van der Waals surface area contributed by atoms with Gasteiger partial charge in [-0.15, -0.1) is 10.2 Å². The zero-order chi connectivity index (χ0) is 22.0.